The van der Waals surface area contributed by atoms with Gasteiger partial charge >= 0.3 is 6.03 Å². The fourth-order valence-electron chi connectivity index (χ4n) is 4.96. The second-order valence-corrected chi connectivity index (χ2v) is 9.25. The highest BCUT2D eigenvalue weighted by Crippen LogP contribution is 2.28. The summed E-state index contributed by atoms with van der Waals surface area (Å²) in [6.07, 6.45) is 4.36. The maximum absolute atomic E-state index is 13.0. The molecule has 8 nitrogen and oxygen atoms in total. The van der Waals surface area contributed by atoms with Crippen molar-refractivity contribution in [2.24, 2.45) is 0 Å². The van der Waals surface area contributed by atoms with Crippen molar-refractivity contribution in [3.8, 4) is 11.3 Å². The van der Waals surface area contributed by atoms with Crippen molar-refractivity contribution in [2.75, 3.05) is 63.5 Å². The lowest BCUT2D eigenvalue weighted by molar-refractivity contribution is 0.139. The number of likely N-dealkylation sites (N-methyl/N-ethyl adjacent to an activating group) is 1. The fourth-order valence-corrected chi connectivity index (χ4v) is 4.96. The van der Waals surface area contributed by atoms with Gasteiger partial charge < -0.3 is 25.3 Å². The van der Waals surface area contributed by atoms with Crippen LogP contribution in [0.3, 0.4) is 0 Å². The third-order valence-corrected chi connectivity index (χ3v) is 6.97. The Kier molecular flexibility index (Phi) is 5.87. The van der Waals surface area contributed by atoms with Crippen LogP contribution in [-0.4, -0.2) is 83.6 Å². The molecule has 8 heteroatoms. The van der Waals surface area contributed by atoms with E-state index in [1.807, 2.05) is 15.9 Å². The average Bonchev–Trinajstić information content (AvgIpc) is 2.83. The van der Waals surface area contributed by atoms with Crippen molar-refractivity contribution in [1.82, 2.24) is 24.7 Å². The minimum absolute atomic E-state index is 0.185. The number of nitrogens with two attached hydrogens (primary N) is 1. The summed E-state index contributed by atoms with van der Waals surface area (Å²) >= 11 is 0. The lowest BCUT2D eigenvalue weighted by Crippen LogP contribution is -2.47. The number of nitrogen functional groups attached to an aromatic ring is 1. The highest BCUT2D eigenvalue weighted by atomic mass is 16.2. The van der Waals surface area contributed by atoms with Crippen molar-refractivity contribution in [3.63, 3.8) is 0 Å². The van der Waals surface area contributed by atoms with Crippen LogP contribution >= 0.6 is 0 Å². The molecule has 0 aliphatic carbocycles. The monoisotopic (exact) mass is 435 g/mol. The van der Waals surface area contributed by atoms with Crippen LogP contribution in [0.4, 0.5) is 16.6 Å². The second kappa shape index (κ2) is 8.94. The Bertz CT molecular complexity index is 980. The number of fused-ring (bicyclic) bond motifs is 1. The normalized spacial score (nSPS) is 19.7. The molecule has 170 valence electrons. The molecule has 0 unspecified atom stereocenters. The van der Waals surface area contributed by atoms with Gasteiger partial charge in [-0.25, -0.2) is 9.78 Å². The van der Waals surface area contributed by atoms with Crippen LogP contribution in [0.2, 0.25) is 0 Å². The molecule has 4 heterocycles. The number of carbonyl (C=O) groups is 1. The van der Waals surface area contributed by atoms with Gasteiger partial charge in [-0.2, -0.15) is 4.98 Å². The predicted molar refractivity (Wildman–Crippen MR) is 127 cm³/mol. The quantitative estimate of drug-likeness (QED) is 0.780. The van der Waals surface area contributed by atoms with E-state index < -0.39 is 0 Å². The van der Waals surface area contributed by atoms with E-state index in [4.69, 9.17) is 5.73 Å². The van der Waals surface area contributed by atoms with E-state index in [1.165, 1.54) is 17.5 Å². The Labute approximate surface area is 190 Å². The zero-order chi connectivity index (χ0) is 22.1. The van der Waals surface area contributed by atoms with Gasteiger partial charge in [-0.1, -0.05) is 12.1 Å². The zero-order valence-electron chi connectivity index (χ0n) is 19.0. The summed E-state index contributed by atoms with van der Waals surface area (Å²) in [7, 11) is 2.14. The second-order valence-electron chi connectivity index (χ2n) is 9.25. The first kappa shape index (κ1) is 21.0. The van der Waals surface area contributed by atoms with E-state index in [-0.39, 0.29) is 6.03 Å². The van der Waals surface area contributed by atoms with Gasteiger partial charge in [-0.15, -0.1) is 0 Å². The standard InChI is InChI=1S/C24H33N7O/c1-28-11-13-29(14-12-28)22-16-21(26-23(25)27-22)19-6-5-18-7-10-31(17-20(18)15-19)24(32)30-8-3-2-4-9-30/h5-6,15-16H,2-4,7-14,17H2,1H3,(H2,25,26,27). The highest BCUT2D eigenvalue weighted by Gasteiger charge is 2.26. The van der Waals surface area contributed by atoms with Crippen molar-refractivity contribution in [1.29, 1.82) is 0 Å². The summed E-state index contributed by atoms with van der Waals surface area (Å²) < 4.78 is 0. The van der Waals surface area contributed by atoms with Crippen molar-refractivity contribution >= 4 is 17.8 Å². The Morgan fingerprint density at radius 2 is 1.66 bits per heavy atom. The molecule has 0 radical (unpaired) electrons. The number of hydrogen-bond acceptors (Lipinski definition) is 6. The number of aromatic nitrogens is 2. The molecule has 0 saturated carbocycles. The molecule has 2 fully saturated rings. The van der Waals surface area contributed by atoms with E-state index in [2.05, 4.69) is 45.0 Å². The molecule has 2 aromatic rings. The molecule has 3 aliphatic heterocycles. The van der Waals surface area contributed by atoms with E-state index in [0.717, 1.165) is 82.2 Å². The first-order valence-corrected chi connectivity index (χ1v) is 11.8. The number of urea groups is 1. The van der Waals surface area contributed by atoms with E-state index >= 15 is 0 Å². The Morgan fingerprint density at radius 1 is 0.875 bits per heavy atom. The van der Waals surface area contributed by atoms with Crippen LogP contribution in [0, 0.1) is 0 Å². The molecule has 5 rings (SSSR count). The summed E-state index contributed by atoms with van der Waals surface area (Å²) in [6.45, 7) is 7.11. The SMILES string of the molecule is CN1CCN(c2cc(-c3ccc4c(c3)CN(C(=O)N3CCCCC3)CC4)nc(N)n2)CC1. The first-order valence-electron chi connectivity index (χ1n) is 11.8. The average molecular weight is 436 g/mol. The third kappa shape index (κ3) is 4.37. The Hall–Kier alpha value is -2.87. The first-order chi connectivity index (χ1) is 15.6. The summed E-state index contributed by atoms with van der Waals surface area (Å²) in [6, 6.07) is 8.71. The number of anilines is 2. The van der Waals surface area contributed by atoms with Gasteiger partial charge in [0.2, 0.25) is 5.95 Å². The number of likely N-dealkylation sites (tertiary alicyclic amines) is 1. The summed E-state index contributed by atoms with van der Waals surface area (Å²) in [5.74, 6) is 1.19. The van der Waals surface area contributed by atoms with E-state index in [9.17, 15) is 4.79 Å². The zero-order valence-corrected chi connectivity index (χ0v) is 19.0. The lowest BCUT2D eigenvalue weighted by atomic mass is 9.96. The smallest absolute Gasteiger partial charge is 0.320 e. The Morgan fingerprint density at radius 3 is 2.44 bits per heavy atom. The topological polar surface area (TPSA) is 81.8 Å². The van der Waals surface area contributed by atoms with Gasteiger partial charge in [0.15, 0.2) is 0 Å². The molecule has 2 saturated heterocycles. The summed E-state index contributed by atoms with van der Waals surface area (Å²) in [5, 5.41) is 0. The maximum Gasteiger partial charge on any atom is 0.320 e. The van der Waals surface area contributed by atoms with Crippen LogP contribution < -0.4 is 10.6 Å². The van der Waals surface area contributed by atoms with Crippen molar-refractivity contribution < 1.29 is 4.79 Å². The van der Waals surface area contributed by atoms with Crippen LogP contribution in [0.15, 0.2) is 24.3 Å². The molecule has 1 aromatic heterocycles. The van der Waals surface area contributed by atoms with Crippen LogP contribution in [0.5, 0.6) is 0 Å². The van der Waals surface area contributed by atoms with Crippen LogP contribution in [0.1, 0.15) is 30.4 Å². The van der Waals surface area contributed by atoms with Gasteiger partial charge in [0, 0.05) is 64.0 Å². The van der Waals surface area contributed by atoms with Crippen molar-refractivity contribution in [3.05, 3.63) is 35.4 Å². The summed E-state index contributed by atoms with van der Waals surface area (Å²) in [4.78, 5) is 30.7. The molecule has 2 N–H and O–H groups in total. The lowest BCUT2D eigenvalue weighted by Gasteiger charge is -2.35. The largest absolute Gasteiger partial charge is 0.368 e. The third-order valence-electron chi connectivity index (χ3n) is 6.97. The number of piperazine rings is 1. The van der Waals surface area contributed by atoms with Crippen molar-refractivity contribution in [2.45, 2.75) is 32.2 Å². The minimum atomic E-state index is 0.185. The van der Waals surface area contributed by atoms with Gasteiger partial charge in [0.1, 0.15) is 5.82 Å². The number of amides is 2. The van der Waals surface area contributed by atoms with E-state index in [1.54, 1.807) is 0 Å². The molecule has 0 spiro atoms. The number of rotatable bonds is 2. The Balaban J connectivity index is 1.36. The number of carbonyl (C=O) groups excluding carboxylic acids is 1. The number of piperidine rings is 1. The van der Waals surface area contributed by atoms with Gasteiger partial charge in [0.05, 0.1) is 5.69 Å². The summed E-state index contributed by atoms with van der Waals surface area (Å²) in [5.41, 5.74) is 10.5. The molecule has 3 aliphatic rings. The molecule has 1 aromatic carbocycles. The molecule has 2 amide bonds. The van der Waals surface area contributed by atoms with Crippen LogP contribution in [-0.2, 0) is 13.0 Å². The van der Waals surface area contributed by atoms with Gasteiger partial charge in [0.25, 0.3) is 0 Å². The van der Waals surface area contributed by atoms with E-state index in [0.29, 0.717) is 12.5 Å². The number of hydrogen-bond donors (Lipinski definition) is 1. The molecular formula is C24H33N7O. The van der Waals surface area contributed by atoms with Gasteiger partial charge in [-0.3, -0.25) is 0 Å². The molecule has 0 bridgehead atoms. The molecular weight excluding hydrogens is 402 g/mol. The predicted octanol–water partition coefficient (Wildman–Crippen LogP) is 2.44. The maximum atomic E-state index is 13.0. The number of nitrogens with zero attached hydrogens (tertiary/aromatic N) is 6. The van der Waals surface area contributed by atoms with Gasteiger partial charge in [-0.05, 0) is 49.9 Å². The fraction of sp³-hybridized carbons (Fsp3) is 0.542. The molecule has 32 heavy (non-hydrogen) atoms. The number of benzene rings is 1. The minimum Gasteiger partial charge on any atom is -0.368 e. The highest BCUT2D eigenvalue weighted by molar-refractivity contribution is 5.75. The van der Waals surface area contributed by atoms with Crippen LogP contribution in [0.25, 0.3) is 11.3 Å². The molecule has 0 atom stereocenters.